The topological polar surface area (TPSA) is 95.9 Å². The Morgan fingerprint density at radius 2 is 0.701 bits per heavy atom. The van der Waals surface area contributed by atoms with Gasteiger partial charge in [-0.1, -0.05) is 289 Å². The lowest BCUT2D eigenvalue weighted by Gasteiger charge is -2.22. The van der Waals surface area contributed by atoms with Gasteiger partial charge in [-0.25, -0.2) is 0 Å². The molecule has 0 heterocycles. The SMILES string of the molecule is CCCCCCCCC/C=C\CCCCCCCCCC(=O)OCCCCCCCCCCCCCCCC(=O)NC(CO)C(O)CCCCCCCCCCCCCCCCCCCCC. The van der Waals surface area contributed by atoms with Crippen molar-refractivity contribution >= 4 is 11.9 Å². The number of hydrogen-bond acceptors (Lipinski definition) is 5. The van der Waals surface area contributed by atoms with Gasteiger partial charge in [0.2, 0.25) is 5.91 Å². The summed E-state index contributed by atoms with van der Waals surface area (Å²) >= 11 is 0. The summed E-state index contributed by atoms with van der Waals surface area (Å²) in [5.74, 6) is -0.0516. The van der Waals surface area contributed by atoms with Gasteiger partial charge in [-0.2, -0.15) is 0 Å². The Morgan fingerprint density at radius 3 is 1.06 bits per heavy atom. The number of amides is 1. The van der Waals surface area contributed by atoms with Crippen molar-refractivity contribution in [3.8, 4) is 0 Å². The minimum Gasteiger partial charge on any atom is -0.466 e. The molecule has 1 amide bonds. The molecule has 0 bridgehead atoms. The normalized spacial score (nSPS) is 12.6. The van der Waals surface area contributed by atoms with Gasteiger partial charge < -0.3 is 20.3 Å². The number of aliphatic hydroxyl groups excluding tert-OH is 2. The molecule has 0 radical (unpaired) electrons. The number of aliphatic hydroxyl groups is 2. The standard InChI is InChI=1S/C61H119NO5/c1-3-5-7-9-11-13-15-17-19-21-23-24-26-29-33-37-41-45-49-53-59(64)58(57-63)62-60(65)54-50-46-42-38-34-30-28-32-36-40-44-48-52-56-67-61(66)55-51-47-43-39-35-31-27-25-22-20-18-16-14-12-10-8-6-4-2/h20,22,58-59,63-64H,3-19,21,23-57H2,1-2H3,(H,62,65)/b22-20-. The van der Waals surface area contributed by atoms with Crippen molar-refractivity contribution < 1.29 is 24.5 Å². The molecular formula is C61H119NO5. The van der Waals surface area contributed by atoms with Crippen molar-refractivity contribution in [2.24, 2.45) is 0 Å². The predicted octanol–water partition coefficient (Wildman–Crippen LogP) is 18.9. The van der Waals surface area contributed by atoms with Crippen molar-refractivity contribution in [3.63, 3.8) is 0 Å². The van der Waals surface area contributed by atoms with Crippen LogP contribution in [-0.4, -0.2) is 47.4 Å². The maximum atomic E-state index is 12.5. The molecule has 0 aromatic rings. The fourth-order valence-electron chi connectivity index (χ4n) is 9.64. The number of unbranched alkanes of at least 4 members (excludes halogenated alkanes) is 44. The first-order valence-corrected chi connectivity index (χ1v) is 30.4. The summed E-state index contributed by atoms with van der Waals surface area (Å²) in [7, 11) is 0. The van der Waals surface area contributed by atoms with Crippen LogP contribution < -0.4 is 5.32 Å². The lowest BCUT2D eigenvalue weighted by Crippen LogP contribution is -2.45. The van der Waals surface area contributed by atoms with Crippen LogP contribution >= 0.6 is 0 Å². The second-order valence-corrected chi connectivity index (χ2v) is 21.0. The number of rotatable bonds is 57. The molecule has 67 heavy (non-hydrogen) atoms. The molecule has 0 aliphatic rings. The maximum Gasteiger partial charge on any atom is 0.305 e. The molecule has 0 aromatic carbocycles. The molecule has 0 aliphatic carbocycles. The third kappa shape index (κ3) is 53.8. The smallest absolute Gasteiger partial charge is 0.305 e. The molecule has 2 unspecified atom stereocenters. The van der Waals surface area contributed by atoms with Crippen molar-refractivity contribution in [1.29, 1.82) is 0 Å². The van der Waals surface area contributed by atoms with Crippen LogP contribution in [0.3, 0.4) is 0 Å². The Balaban J connectivity index is 3.43. The Kier molecular flexibility index (Phi) is 56.0. The van der Waals surface area contributed by atoms with Crippen LogP contribution in [0.2, 0.25) is 0 Å². The van der Waals surface area contributed by atoms with Gasteiger partial charge in [0.25, 0.3) is 0 Å². The predicted molar refractivity (Wildman–Crippen MR) is 292 cm³/mol. The van der Waals surface area contributed by atoms with E-state index in [0.717, 1.165) is 51.4 Å². The monoisotopic (exact) mass is 946 g/mol. The summed E-state index contributed by atoms with van der Waals surface area (Å²) in [6.07, 6.45) is 67.7. The van der Waals surface area contributed by atoms with Gasteiger partial charge in [-0.3, -0.25) is 9.59 Å². The molecule has 0 saturated carbocycles. The second kappa shape index (κ2) is 57.2. The fraction of sp³-hybridized carbons (Fsp3) is 0.934. The van der Waals surface area contributed by atoms with E-state index in [0.29, 0.717) is 25.9 Å². The van der Waals surface area contributed by atoms with E-state index in [2.05, 4.69) is 31.3 Å². The molecule has 0 aliphatic heterocycles. The van der Waals surface area contributed by atoms with E-state index in [-0.39, 0.29) is 18.5 Å². The number of ether oxygens (including phenoxy) is 1. The molecule has 0 fully saturated rings. The third-order valence-corrected chi connectivity index (χ3v) is 14.3. The van der Waals surface area contributed by atoms with Crippen molar-refractivity contribution in [2.45, 2.75) is 353 Å². The van der Waals surface area contributed by atoms with E-state index in [4.69, 9.17) is 4.74 Å². The summed E-state index contributed by atoms with van der Waals surface area (Å²) in [5, 5.41) is 23.3. The largest absolute Gasteiger partial charge is 0.466 e. The van der Waals surface area contributed by atoms with Crippen molar-refractivity contribution in [2.75, 3.05) is 13.2 Å². The first-order valence-electron chi connectivity index (χ1n) is 30.4. The van der Waals surface area contributed by atoms with Crippen LogP contribution in [0.15, 0.2) is 12.2 Å². The molecule has 3 N–H and O–H groups in total. The minimum absolute atomic E-state index is 0.00717. The van der Waals surface area contributed by atoms with E-state index < -0.39 is 12.1 Å². The van der Waals surface area contributed by atoms with Crippen LogP contribution in [0.1, 0.15) is 341 Å². The summed E-state index contributed by atoms with van der Waals surface area (Å²) in [4.78, 5) is 24.6. The van der Waals surface area contributed by atoms with E-state index in [1.165, 1.54) is 257 Å². The highest BCUT2D eigenvalue weighted by Crippen LogP contribution is 2.18. The van der Waals surface area contributed by atoms with Crippen LogP contribution in [0.25, 0.3) is 0 Å². The van der Waals surface area contributed by atoms with E-state index in [1.54, 1.807) is 0 Å². The number of carbonyl (C=O) groups excluding carboxylic acids is 2. The minimum atomic E-state index is -0.673. The summed E-state index contributed by atoms with van der Waals surface area (Å²) in [5.41, 5.74) is 0. The molecule has 0 spiro atoms. The van der Waals surface area contributed by atoms with Crippen molar-refractivity contribution in [3.05, 3.63) is 12.2 Å². The van der Waals surface area contributed by atoms with Crippen LogP contribution in [0, 0.1) is 0 Å². The van der Waals surface area contributed by atoms with Gasteiger partial charge in [0.05, 0.1) is 25.4 Å². The highest BCUT2D eigenvalue weighted by molar-refractivity contribution is 5.76. The molecule has 6 nitrogen and oxygen atoms in total. The molecule has 0 rings (SSSR count). The Labute approximate surface area is 419 Å². The molecular weight excluding hydrogens is 827 g/mol. The molecule has 0 aromatic heterocycles. The Morgan fingerprint density at radius 1 is 0.403 bits per heavy atom. The lowest BCUT2D eigenvalue weighted by molar-refractivity contribution is -0.143. The van der Waals surface area contributed by atoms with E-state index >= 15 is 0 Å². The average Bonchev–Trinajstić information content (AvgIpc) is 3.33. The van der Waals surface area contributed by atoms with Gasteiger partial charge in [0.1, 0.15) is 0 Å². The summed E-state index contributed by atoms with van der Waals surface area (Å²) in [6.45, 7) is 4.95. The molecule has 0 saturated heterocycles. The first kappa shape index (κ1) is 65.6. The fourth-order valence-corrected chi connectivity index (χ4v) is 9.64. The van der Waals surface area contributed by atoms with Crippen LogP contribution in [0.4, 0.5) is 0 Å². The zero-order valence-electron chi connectivity index (χ0n) is 45.4. The summed E-state index contributed by atoms with van der Waals surface area (Å²) in [6, 6.07) is -0.551. The number of carbonyl (C=O) groups is 2. The van der Waals surface area contributed by atoms with Gasteiger partial charge in [-0.05, 0) is 51.4 Å². The number of esters is 1. The van der Waals surface area contributed by atoms with Crippen LogP contribution in [-0.2, 0) is 14.3 Å². The quantitative estimate of drug-likeness (QED) is 0.0321. The van der Waals surface area contributed by atoms with E-state index in [9.17, 15) is 19.8 Å². The molecule has 2 atom stereocenters. The average molecular weight is 947 g/mol. The Bertz CT molecular complexity index is 1000. The van der Waals surface area contributed by atoms with Gasteiger partial charge in [-0.15, -0.1) is 0 Å². The first-order chi connectivity index (χ1) is 33.0. The molecule has 6 heteroatoms. The summed E-state index contributed by atoms with van der Waals surface area (Å²) < 4.78 is 5.48. The highest BCUT2D eigenvalue weighted by Gasteiger charge is 2.20. The van der Waals surface area contributed by atoms with Gasteiger partial charge in [0.15, 0.2) is 0 Å². The number of nitrogens with one attached hydrogen (secondary N) is 1. The highest BCUT2D eigenvalue weighted by atomic mass is 16.5. The van der Waals surface area contributed by atoms with E-state index in [1.807, 2.05) is 0 Å². The van der Waals surface area contributed by atoms with Crippen molar-refractivity contribution in [1.82, 2.24) is 5.32 Å². The second-order valence-electron chi connectivity index (χ2n) is 21.0. The zero-order valence-corrected chi connectivity index (χ0v) is 45.4. The number of hydrogen-bond donors (Lipinski definition) is 3. The molecule has 398 valence electrons. The van der Waals surface area contributed by atoms with Gasteiger partial charge in [0, 0.05) is 12.8 Å². The Hall–Kier alpha value is -1.40. The van der Waals surface area contributed by atoms with Crippen LogP contribution in [0.5, 0.6) is 0 Å². The zero-order chi connectivity index (χ0) is 48.6. The van der Waals surface area contributed by atoms with Gasteiger partial charge >= 0.3 is 5.97 Å². The third-order valence-electron chi connectivity index (χ3n) is 14.3. The lowest BCUT2D eigenvalue weighted by atomic mass is 10.0. The number of allylic oxidation sites excluding steroid dienone is 2. The maximum absolute atomic E-state index is 12.5.